The third-order valence-electron chi connectivity index (χ3n) is 15.7. The predicted molar refractivity (Wildman–Crippen MR) is 367 cm³/mol. The Hall–Kier alpha value is -7.06. The van der Waals surface area contributed by atoms with Gasteiger partial charge < -0.3 is 28.7 Å². The molecule has 4 heterocycles. The molecular formula is C79H92Ir2N8. The Morgan fingerprint density at radius 3 is 1.06 bits per heavy atom. The van der Waals surface area contributed by atoms with Gasteiger partial charge in [0.05, 0.1) is 11.6 Å². The molecule has 0 N–H and O–H groups in total. The first-order valence-electron chi connectivity index (χ1n) is 32.6. The van der Waals surface area contributed by atoms with Crippen LogP contribution in [-0.2, 0) is 40.2 Å². The smallest absolute Gasteiger partial charge is 0.510 e. The van der Waals surface area contributed by atoms with Gasteiger partial charge in [0.15, 0.2) is 0 Å². The van der Waals surface area contributed by atoms with Crippen molar-refractivity contribution in [2.24, 2.45) is 0 Å². The van der Waals surface area contributed by atoms with Gasteiger partial charge in [-0.15, -0.1) is 89.8 Å². The number of aromatic nitrogens is 4. The molecule has 0 amide bonds. The molecule has 2 aromatic heterocycles. The zero-order valence-corrected chi connectivity index (χ0v) is 59.7. The second-order valence-electron chi connectivity index (χ2n) is 24.9. The number of anilines is 3. The molecule has 2 aliphatic heterocycles. The number of imidazole rings is 2. The molecule has 9 aromatic rings. The standard InChI is InChI=1S/2C24H29N2.C21H24N2.C10H10N2.2Ir/c2*1-16(2)20-14-21(17(3)4)23(22(15-20)18(5)6)26-13-12-25-24(26)19-10-8-7-9-11-19;1-16(2)19-11-8-12-20(17(3)4)21(19)23-14-13-22(15-23)18-9-6-5-7-10-18;1-11-7-8-12(9-11)10-5-3-2-4-6-10;;/h2*7-10,12-18H,1-6H3;5-9,11-17H,1-4H3;2-5,7-9H,1H3;;/q2*-1;2*-2;2*+3/i;;;1D3;;. The van der Waals surface area contributed by atoms with Gasteiger partial charge in [-0.3, -0.25) is 9.97 Å². The van der Waals surface area contributed by atoms with Crippen molar-refractivity contribution in [1.82, 2.24) is 24.0 Å². The normalized spacial score (nSPS) is 13.3. The molecule has 0 saturated carbocycles. The second-order valence-corrected chi connectivity index (χ2v) is 24.9. The first-order valence-corrected chi connectivity index (χ1v) is 31.1. The van der Waals surface area contributed by atoms with Gasteiger partial charge in [0.1, 0.15) is 0 Å². The van der Waals surface area contributed by atoms with Crippen molar-refractivity contribution in [2.45, 2.75) is 158 Å². The van der Waals surface area contributed by atoms with Crippen molar-refractivity contribution in [3.05, 3.63) is 271 Å². The minimum atomic E-state index is -2.12. The average molecular weight is 1540 g/mol. The monoisotopic (exact) mass is 1540 g/mol. The molecule has 2 aliphatic rings. The Morgan fingerprint density at radius 1 is 0.371 bits per heavy atom. The second kappa shape index (κ2) is 33.1. The molecule has 8 nitrogen and oxygen atoms in total. The Labute approximate surface area is 566 Å². The molecular weight excluding hydrogens is 1450 g/mol. The topological polar surface area (TPSA) is 48.6 Å². The van der Waals surface area contributed by atoms with E-state index in [2.05, 4.69) is 256 Å². The summed E-state index contributed by atoms with van der Waals surface area (Å²) in [6, 6.07) is 60.7. The van der Waals surface area contributed by atoms with Crippen LogP contribution in [0.5, 0.6) is 0 Å². The fraction of sp³-hybridized carbons (Fsp3) is 0.316. The molecule has 0 spiro atoms. The van der Waals surface area contributed by atoms with Crippen LogP contribution in [-0.4, -0.2) is 31.0 Å². The van der Waals surface area contributed by atoms with E-state index in [4.69, 9.17) is 4.11 Å². The molecule has 0 atom stereocenters. The van der Waals surface area contributed by atoms with Crippen molar-refractivity contribution in [1.29, 1.82) is 0 Å². The molecule has 0 bridgehead atoms. The third-order valence-corrected chi connectivity index (χ3v) is 15.7. The number of hydrogen-bond acceptors (Lipinski definition) is 6. The molecule has 0 aliphatic carbocycles. The molecule has 466 valence electrons. The number of nitrogens with zero attached hydrogens (tertiary/aromatic N) is 8. The molecule has 0 fully saturated rings. The van der Waals surface area contributed by atoms with Crippen molar-refractivity contribution in [3.8, 4) is 34.2 Å². The van der Waals surface area contributed by atoms with Gasteiger partial charge in [-0.25, -0.2) is 0 Å². The van der Waals surface area contributed by atoms with Crippen molar-refractivity contribution in [2.75, 3.05) is 21.7 Å². The van der Waals surface area contributed by atoms with Crippen molar-refractivity contribution >= 4 is 17.1 Å². The molecule has 11 rings (SSSR count). The molecule has 0 radical (unpaired) electrons. The summed E-state index contributed by atoms with van der Waals surface area (Å²) in [5.74, 6) is 5.68. The Bertz CT molecular complexity index is 3540. The van der Waals surface area contributed by atoms with Gasteiger partial charge in [-0.2, -0.15) is 67.3 Å². The molecule has 0 saturated heterocycles. The van der Waals surface area contributed by atoms with E-state index >= 15 is 0 Å². The predicted octanol–water partition coefficient (Wildman–Crippen LogP) is 20.9. The largest absolute Gasteiger partial charge is 3.00 e. The molecule has 0 unspecified atom stereocenters. The molecule has 7 aromatic carbocycles. The van der Waals surface area contributed by atoms with Gasteiger partial charge >= 0.3 is 40.2 Å². The maximum Gasteiger partial charge on any atom is 3.00 e. The first-order chi connectivity index (χ1) is 42.9. The van der Waals surface area contributed by atoms with E-state index in [1.807, 2.05) is 85.2 Å². The van der Waals surface area contributed by atoms with E-state index < -0.39 is 6.98 Å². The fourth-order valence-electron chi connectivity index (χ4n) is 10.8. The van der Waals surface area contributed by atoms with E-state index in [0.717, 1.165) is 34.2 Å². The summed E-state index contributed by atoms with van der Waals surface area (Å²) < 4.78 is 26.2. The summed E-state index contributed by atoms with van der Waals surface area (Å²) >= 11 is 0. The van der Waals surface area contributed by atoms with E-state index in [-0.39, 0.29) is 40.2 Å². The van der Waals surface area contributed by atoms with Gasteiger partial charge in [0.2, 0.25) is 0 Å². The number of hydrogen-bond donors (Lipinski definition) is 0. The van der Waals surface area contributed by atoms with Crippen LogP contribution >= 0.6 is 0 Å². The van der Waals surface area contributed by atoms with Gasteiger partial charge in [-0.1, -0.05) is 153 Å². The van der Waals surface area contributed by atoms with Crippen LogP contribution < -0.4 is 14.7 Å². The zero-order chi connectivity index (χ0) is 65.0. The number of rotatable bonds is 15. The van der Waals surface area contributed by atoms with E-state index in [9.17, 15) is 0 Å². The molecule has 10 heteroatoms. The number of para-hydroxylation sites is 3. The summed E-state index contributed by atoms with van der Waals surface area (Å²) in [5, 5.41) is 0. The Kier molecular flexibility index (Phi) is 24.7. The van der Waals surface area contributed by atoms with Crippen molar-refractivity contribution in [3.63, 3.8) is 0 Å². The van der Waals surface area contributed by atoms with Crippen LogP contribution in [0.15, 0.2) is 189 Å². The van der Waals surface area contributed by atoms with Crippen LogP contribution in [0.1, 0.15) is 207 Å². The van der Waals surface area contributed by atoms with Crippen molar-refractivity contribution < 1.29 is 44.3 Å². The third kappa shape index (κ3) is 17.7. The summed E-state index contributed by atoms with van der Waals surface area (Å²) in [6.07, 6.45) is 15.4. The average Bonchev–Trinajstić information content (AvgIpc) is 1.48. The Morgan fingerprint density at radius 2 is 0.730 bits per heavy atom. The molecule has 89 heavy (non-hydrogen) atoms. The summed E-state index contributed by atoms with van der Waals surface area (Å²) in [4.78, 5) is 16.6. The number of benzene rings is 7. The van der Waals surface area contributed by atoms with E-state index in [1.54, 1.807) is 17.2 Å². The van der Waals surface area contributed by atoms with E-state index in [1.165, 1.54) is 79.3 Å². The summed E-state index contributed by atoms with van der Waals surface area (Å²) in [6.45, 7) is 37.8. The van der Waals surface area contributed by atoms with Crippen LogP contribution in [0.3, 0.4) is 0 Å². The SMILES string of the molecule is CC(C)c1cc(C(C)C)c(-n2ccnc2-c2[c-]cccc2)c(C(C)C)c1.CC(C)c1cc(C(C)C)c(-n2ccnc2-c2[c-]cccc2)c(C(C)C)c1.CC(C)c1cccc(C(C)C)c1N1C=CN(c2[c-]cccc2)[CH-]1.[2H]C([2H])([2H])N1C=CN(c2[c-]cccc2)[CH-]1.[Ir+3].[Ir+3]. The summed E-state index contributed by atoms with van der Waals surface area (Å²) in [7, 11) is 0. The van der Waals surface area contributed by atoms with Gasteiger partial charge in [0, 0.05) is 46.0 Å². The maximum atomic E-state index is 7.22. The quantitative estimate of drug-likeness (QED) is 0.0954. The van der Waals surface area contributed by atoms with Gasteiger partial charge in [-0.05, 0) is 124 Å². The van der Waals surface area contributed by atoms with Gasteiger partial charge in [0.25, 0.3) is 0 Å². The first kappa shape index (κ1) is 66.4. The van der Waals surface area contributed by atoms with Crippen LogP contribution in [0.2, 0.25) is 0 Å². The van der Waals surface area contributed by atoms with Crippen LogP contribution in [0, 0.1) is 37.6 Å². The minimum Gasteiger partial charge on any atom is -0.510 e. The summed E-state index contributed by atoms with van der Waals surface area (Å²) in [5.41, 5.74) is 18.9. The zero-order valence-electron chi connectivity index (χ0n) is 57.9. The maximum absolute atomic E-state index is 7.22. The fourth-order valence-corrected chi connectivity index (χ4v) is 10.8. The van der Waals surface area contributed by atoms with E-state index in [0.29, 0.717) is 47.3 Å². The Balaban J connectivity index is 0.000000197. The van der Waals surface area contributed by atoms with Crippen LogP contribution in [0.25, 0.3) is 34.2 Å². The van der Waals surface area contributed by atoms with Crippen LogP contribution in [0.4, 0.5) is 17.1 Å². The minimum absolute atomic E-state index is 0.